The molecule has 7 heteroatoms. The zero-order valence-corrected chi connectivity index (χ0v) is 18.7. The molecular weight excluding hydrogens is 417 g/mol. The molecule has 1 atom stereocenters. The van der Waals surface area contributed by atoms with Crippen molar-refractivity contribution in [2.75, 3.05) is 24.4 Å². The predicted octanol–water partition coefficient (Wildman–Crippen LogP) is 4.92. The molecule has 3 aromatic carbocycles. The third kappa shape index (κ3) is 4.02. The van der Waals surface area contributed by atoms with Gasteiger partial charge in [0, 0.05) is 24.0 Å². The van der Waals surface area contributed by atoms with E-state index in [-0.39, 0.29) is 19.2 Å². The van der Waals surface area contributed by atoms with E-state index in [1.807, 2.05) is 18.2 Å². The Morgan fingerprint density at radius 2 is 1.82 bits per heavy atom. The lowest BCUT2D eigenvalue weighted by molar-refractivity contribution is 0.301. The Kier molecular flexibility index (Phi) is 5.46. The molecule has 2 heterocycles. The summed E-state index contributed by atoms with van der Waals surface area (Å²) in [5.41, 5.74) is 14.8. The predicted molar refractivity (Wildman–Crippen MR) is 128 cm³/mol. The highest BCUT2D eigenvalue weighted by Gasteiger charge is 2.30. The summed E-state index contributed by atoms with van der Waals surface area (Å²) in [6, 6.07) is 20.9. The van der Waals surface area contributed by atoms with Gasteiger partial charge in [0.15, 0.2) is 0 Å². The molecule has 1 aliphatic rings. The number of nitrogen functional groups attached to an aromatic ring is 1. The van der Waals surface area contributed by atoms with Crippen LogP contribution in [0.1, 0.15) is 28.4 Å². The quantitative estimate of drug-likeness (QED) is 0.428. The lowest BCUT2D eigenvalue weighted by Gasteiger charge is -2.38. The third-order valence-corrected chi connectivity index (χ3v) is 6.06. The van der Waals surface area contributed by atoms with Crippen LogP contribution < -0.4 is 15.4 Å². The zero-order valence-electron chi connectivity index (χ0n) is 18.7. The van der Waals surface area contributed by atoms with Gasteiger partial charge < -0.3 is 15.4 Å². The van der Waals surface area contributed by atoms with Gasteiger partial charge in [-0.25, -0.2) is 9.07 Å². The molecule has 0 amide bonds. The molecule has 5 rings (SSSR count). The van der Waals surface area contributed by atoms with Gasteiger partial charge in [-0.05, 0) is 59.5 Å². The Hall–Kier alpha value is -3.87. The maximum Gasteiger partial charge on any atom is 0.134 e. The zero-order chi connectivity index (χ0) is 22.9. The molecule has 1 aliphatic heterocycles. The molecule has 2 N–H and O–H groups in total. The first-order valence-corrected chi connectivity index (χ1v) is 10.9. The second-order valence-electron chi connectivity index (χ2n) is 8.40. The molecule has 4 aromatic rings. The van der Waals surface area contributed by atoms with Crippen molar-refractivity contribution in [1.29, 1.82) is 0 Å². The van der Waals surface area contributed by atoms with Gasteiger partial charge >= 0.3 is 0 Å². The van der Waals surface area contributed by atoms with Gasteiger partial charge in [0.2, 0.25) is 0 Å². The molecule has 1 unspecified atom stereocenters. The molecule has 0 fully saturated rings. The first kappa shape index (κ1) is 21.0. The van der Waals surface area contributed by atoms with Crippen LogP contribution in [0.3, 0.4) is 0 Å². The highest BCUT2D eigenvalue weighted by atomic mass is 19.1. The van der Waals surface area contributed by atoms with E-state index >= 15 is 0 Å². The Morgan fingerprint density at radius 3 is 2.61 bits per heavy atom. The molecule has 0 saturated heterocycles. The maximum atomic E-state index is 12.4. The van der Waals surface area contributed by atoms with E-state index in [0.29, 0.717) is 5.69 Å². The van der Waals surface area contributed by atoms with Crippen LogP contribution in [0, 0.1) is 6.92 Å². The standard InChI is InChI=1S/C26H26FN5O/c1-17-3-9-23-22-10-6-19(28)14-24(22)26(31(2)25(23)13-17)18-4-7-21(8-5-18)33-16-20-15-32(12-11-27)30-29-20/h3-10,13-15,26H,11-12,16,28H2,1-2H3. The summed E-state index contributed by atoms with van der Waals surface area (Å²) in [4.78, 5) is 2.31. The monoisotopic (exact) mass is 443 g/mol. The summed E-state index contributed by atoms with van der Waals surface area (Å²) in [5, 5.41) is 7.90. The number of aromatic nitrogens is 3. The second kappa shape index (κ2) is 8.58. The first-order chi connectivity index (χ1) is 16.0. The minimum Gasteiger partial charge on any atom is -0.487 e. The number of halogens is 1. The van der Waals surface area contributed by atoms with Gasteiger partial charge in [0.1, 0.15) is 24.7 Å². The number of nitrogens with zero attached hydrogens (tertiary/aromatic N) is 4. The number of hydrogen-bond acceptors (Lipinski definition) is 5. The van der Waals surface area contributed by atoms with E-state index in [1.54, 1.807) is 6.20 Å². The molecule has 0 saturated carbocycles. The minimum absolute atomic E-state index is 0.0347. The fourth-order valence-corrected chi connectivity index (χ4v) is 4.47. The Labute approximate surface area is 192 Å². The van der Waals surface area contributed by atoms with E-state index in [4.69, 9.17) is 10.5 Å². The molecule has 33 heavy (non-hydrogen) atoms. The maximum absolute atomic E-state index is 12.4. The van der Waals surface area contributed by atoms with Crippen molar-refractivity contribution in [3.63, 3.8) is 0 Å². The van der Waals surface area contributed by atoms with Gasteiger partial charge in [-0.1, -0.05) is 35.5 Å². The van der Waals surface area contributed by atoms with Gasteiger partial charge in [-0.15, -0.1) is 5.10 Å². The number of hydrogen-bond donors (Lipinski definition) is 1. The Balaban J connectivity index is 1.42. The third-order valence-electron chi connectivity index (χ3n) is 6.06. The van der Waals surface area contributed by atoms with Crippen molar-refractivity contribution >= 4 is 11.4 Å². The van der Waals surface area contributed by atoms with Crippen molar-refractivity contribution in [3.05, 3.63) is 89.2 Å². The van der Waals surface area contributed by atoms with Crippen LogP contribution in [0.4, 0.5) is 15.8 Å². The number of alkyl halides is 1. The first-order valence-electron chi connectivity index (χ1n) is 10.9. The van der Waals surface area contributed by atoms with Crippen LogP contribution in [0.25, 0.3) is 11.1 Å². The van der Waals surface area contributed by atoms with E-state index in [9.17, 15) is 4.39 Å². The summed E-state index contributed by atoms with van der Waals surface area (Å²) in [5.74, 6) is 0.737. The van der Waals surface area contributed by atoms with Crippen molar-refractivity contribution in [2.45, 2.75) is 26.1 Å². The number of benzene rings is 3. The SMILES string of the molecule is Cc1ccc2c(c1)N(C)C(c1ccc(OCc3cn(CCF)nn3)cc1)c1cc(N)ccc1-2. The molecule has 1 aromatic heterocycles. The number of nitrogens with two attached hydrogens (primary N) is 1. The highest BCUT2D eigenvalue weighted by molar-refractivity contribution is 5.86. The molecule has 0 radical (unpaired) electrons. The molecular formula is C26H26FN5O. The van der Waals surface area contributed by atoms with Crippen LogP contribution >= 0.6 is 0 Å². The van der Waals surface area contributed by atoms with Gasteiger partial charge in [0.25, 0.3) is 0 Å². The topological polar surface area (TPSA) is 69.2 Å². The van der Waals surface area contributed by atoms with E-state index in [0.717, 1.165) is 17.0 Å². The van der Waals surface area contributed by atoms with E-state index in [1.165, 1.54) is 32.6 Å². The highest BCUT2D eigenvalue weighted by Crippen LogP contribution is 2.47. The minimum atomic E-state index is -0.473. The Morgan fingerprint density at radius 1 is 1.03 bits per heavy atom. The van der Waals surface area contributed by atoms with Gasteiger partial charge in [-0.2, -0.15) is 0 Å². The smallest absolute Gasteiger partial charge is 0.134 e. The van der Waals surface area contributed by atoms with Crippen LogP contribution in [-0.4, -0.2) is 28.7 Å². The number of fused-ring (bicyclic) bond motifs is 3. The summed E-state index contributed by atoms with van der Waals surface area (Å²) in [6.45, 7) is 2.12. The van der Waals surface area contributed by atoms with E-state index < -0.39 is 6.67 Å². The van der Waals surface area contributed by atoms with Crippen LogP contribution in [-0.2, 0) is 13.2 Å². The number of ether oxygens (including phenoxy) is 1. The summed E-state index contributed by atoms with van der Waals surface area (Å²) in [6.07, 6.45) is 1.70. The van der Waals surface area contributed by atoms with Crippen LogP contribution in [0.2, 0.25) is 0 Å². The van der Waals surface area contributed by atoms with E-state index in [2.05, 4.69) is 71.6 Å². The van der Waals surface area contributed by atoms with Gasteiger partial charge in [0.05, 0.1) is 18.8 Å². The van der Waals surface area contributed by atoms with Crippen molar-refractivity contribution in [3.8, 4) is 16.9 Å². The van der Waals surface area contributed by atoms with Crippen molar-refractivity contribution < 1.29 is 9.13 Å². The molecule has 0 aliphatic carbocycles. The summed E-state index contributed by atoms with van der Waals surface area (Å²) >= 11 is 0. The number of aryl methyl sites for hydroxylation is 2. The van der Waals surface area contributed by atoms with Crippen molar-refractivity contribution in [1.82, 2.24) is 15.0 Å². The average molecular weight is 444 g/mol. The summed E-state index contributed by atoms with van der Waals surface area (Å²) in [7, 11) is 2.13. The second-order valence-corrected chi connectivity index (χ2v) is 8.40. The normalized spacial score (nSPS) is 14.6. The molecule has 6 nitrogen and oxygen atoms in total. The molecule has 0 spiro atoms. The largest absolute Gasteiger partial charge is 0.487 e. The Bertz CT molecular complexity index is 1280. The van der Waals surface area contributed by atoms with Gasteiger partial charge in [-0.3, -0.25) is 0 Å². The van der Waals surface area contributed by atoms with Crippen LogP contribution in [0.5, 0.6) is 5.75 Å². The van der Waals surface area contributed by atoms with Crippen LogP contribution in [0.15, 0.2) is 66.9 Å². The fraction of sp³-hybridized carbons (Fsp3) is 0.231. The molecule has 168 valence electrons. The molecule has 0 bridgehead atoms. The lowest BCUT2D eigenvalue weighted by Crippen LogP contribution is -2.29. The number of anilines is 2. The summed E-state index contributed by atoms with van der Waals surface area (Å²) < 4.78 is 19.8. The number of rotatable bonds is 6. The van der Waals surface area contributed by atoms with Crippen molar-refractivity contribution in [2.24, 2.45) is 0 Å². The lowest BCUT2D eigenvalue weighted by atomic mass is 9.84. The average Bonchev–Trinajstić information content (AvgIpc) is 3.26. The fourth-order valence-electron chi connectivity index (χ4n) is 4.47.